The standard InChI is InChI=1S/C24H24N4O6S/c1-17(18-9-4-3-5-10-18)25-24(30)21-13-6-7-14-22(21)26-23(29)16-27(35(2,33)34)19-11-8-12-20(15-19)28(31)32/h3-15,17H,16H2,1-2H3,(H,25,30)(H,26,29). The first kappa shape index (κ1) is 25.4. The van der Waals surface area contributed by atoms with Crippen LogP contribution >= 0.6 is 0 Å². The Morgan fingerprint density at radius 1 is 1.00 bits per heavy atom. The van der Waals surface area contributed by atoms with Gasteiger partial charge in [0.2, 0.25) is 15.9 Å². The zero-order valence-electron chi connectivity index (χ0n) is 19.0. The van der Waals surface area contributed by atoms with Crippen molar-refractivity contribution in [3.8, 4) is 0 Å². The molecule has 0 bridgehead atoms. The number of nitrogens with one attached hydrogen (secondary N) is 2. The molecule has 0 aliphatic carbocycles. The van der Waals surface area contributed by atoms with Crippen molar-refractivity contribution in [2.45, 2.75) is 13.0 Å². The number of hydrogen-bond donors (Lipinski definition) is 2. The summed E-state index contributed by atoms with van der Waals surface area (Å²) < 4.78 is 25.4. The first-order chi connectivity index (χ1) is 16.6. The van der Waals surface area contributed by atoms with Crippen LogP contribution in [0.2, 0.25) is 0 Å². The second-order valence-electron chi connectivity index (χ2n) is 7.75. The zero-order valence-corrected chi connectivity index (χ0v) is 19.9. The quantitative estimate of drug-likeness (QED) is 0.343. The molecule has 1 unspecified atom stereocenters. The fourth-order valence-electron chi connectivity index (χ4n) is 3.37. The SMILES string of the molecule is CC(NC(=O)c1ccccc1NC(=O)CN(c1cccc([N+](=O)[O-])c1)S(C)(=O)=O)c1ccccc1. The van der Waals surface area contributed by atoms with Gasteiger partial charge in [0.25, 0.3) is 11.6 Å². The molecular weight excluding hydrogens is 472 g/mol. The van der Waals surface area contributed by atoms with E-state index in [9.17, 15) is 28.1 Å². The molecule has 0 fully saturated rings. The van der Waals surface area contributed by atoms with Gasteiger partial charge >= 0.3 is 0 Å². The maximum absolute atomic E-state index is 12.9. The van der Waals surface area contributed by atoms with Gasteiger partial charge in [0.15, 0.2) is 0 Å². The van der Waals surface area contributed by atoms with Crippen molar-refractivity contribution in [1.82, 2.24) is 5.32 Å². The largest absolute Gasteiger partial charge is 0.345 e. The molecule has 3 rings (SSSR count). The Bertz CT molecular complexity index is 1340. The number of anilines is 2. The van der Waals surface area contributed by atoms with Crippen molar-refractivity contribution in [3.05, 3.63) is 100 Å². The summed E-state index contributed by atoms with van der Waals surface area (Å²) >= 11 is 0. The summed E-state index contributed by atoms with van der Waals surface area (Å²) in [5.74, 6) is -1.14. The van der Waals surface area contributed by atoms with Crippen molar-refractivity contribution in [2.75, 3.05) is 22.4 Å². The van der Waals surface area contributed by atoms with Crippen LogP contribution in [0.15, 0.2) is 78.9 Å². The summed E-state index contributed by atoms with van der Waals surface area (Å²) in [7, 11) is -3.95. The van der Waals surface area contributed by atoms with Crippen LogP contribution in [-0.4, -0.2) is 38.0 Å². The molecule has 0 aliphatic heterocycles. The van der Waals surface area contributed by atoms with E-state index in [1.54, 1.807) is 12.1 Å². The lowest BCUT2D eigenvalue weighted by Gasteiger charge is -2.22. The van der Waals surface area contributed by atoms with Gasteiger partial charge in [-0.3, -0.25) is 24.0 Å². The molecule has 0 aliphatic rings. The van der Waals surface area contributed by atoms with Gasteiger partial charge < -0.3 is 10.6 Å². The van der Waals surface area contributed by atoms with Crippen LogP contribution in [0.1, 0.15) is 28.9 Å². The molecule has 10 nitrogen and oxygen atoms in total. The average molecular weight is 497 g/mol. The monoisotopic (exact) mass is 496 g/mol. The Kier molecular flexibility index (Phi) is 7.82. The van der Waals surface area contributed by atoms with Crippen molar-refractivity contribution in [1.29, 1.82) is 0 Å². The summed E-state index contributed by atoms with van der Waals surface area (Å²) in [6.07, 6.45) is 0.894. The van der Waals surface area contributed by atoms with E-state index < -0.39 is 33.3 Å². The molecule has 0 saturated carbocycles. The smallest absolute Gasteiger partial charge is 0.271 e. The third kappa shape index (κ3) is 6.64. The number of rotatable bonds is 9. The highest BCUT2D eigenvalue weighted by Crippen LogP contribution is 2.24. The fraction of sp³-hybridized carbons (Fsp3) is 0.167. The zero-order chi connectivity index (χ0) is 25.6. The van der Waals surface area contributed by atoms with Gasteiger partial charge in [-0.1, -0.05) is 48.5 Å². The number of nitro benzene ring substituents is 1. The number of nitro groups is 1. The Balaban J connectivity index is 1.79. The maximum atomic E-state index is 12.9. The predicted octanol–water partition coefficient (Wildman–Crippen LogP) is 3.49. The van der Waals surface area contributed by atoms with Crippen LogP contribution in [0.3, 0.4) is 0 Å². The van der Waals surface area contributed by atoms with Gasteiger partial charge in [0, 0.05) is 12.1 Å². The van der Waals surface area contributed by atoms with Crippen LogP contribution in [-0.2, 0) is 14.8 Å². The molecule has 1 atom stereocenters. The second-order valence-corrected chi connectivity index (χ2v) is 9.65. The highest BCUT2D eigenvalue weighted by Gasteiger charge is 2.24. The molecule has 0 radical (unpaired) electrons. The molecule has 0 spiro atoms. The topological polar surface area (TPSA) is 139 Å². The number of sulfonamides is 1. The maximum Gasteiger partial charge on any atom is 0.271 e. The van der Waals surface area contributed by atoms with Crippen LogP contribution in [0.25, 0.3) is 0 Å². The molecule has 0 aromatic heterocycles. The van der Waals surface area contributed by atoms with E-state index in [0.717, 1.165) is 22.2 Å². The minimum atomic E-state index is -3.95. The fourth-order valence-corrected chi connectivity index (χ4v) is 4.22. The van der Waals surface area contributed by atoms with Crippen LogP contribution in [0.5, 0.6) is 0 Å². The van der Waals surface area contributed by atoms with Gasteiger partial charge in [-0.15, -0.1) is 0 Å². The molecular formula is C24H24N4O6S. The molecule has 2 amide bonds. The number of hydrogen-bond acceptors (Lipinski definition) is 6. The number of benzene rings is 3. The molecule has 3 aromatic rings. The summed E-state index contributed by atoms with van der Waals surface area (Å²) in [4.78, 5) is 36.1. The van der Waals surface area contributed by atoms with Gasteiger partial charge in [-0.2, -0.15) is 0 Å². The molecule has 11 heteroatoms. The minimum Gasteiger partial charge on any atom is -0.345 e. The van der Waals surface area contributed by atoms with Gasteiger partial charge in [0.1, 0.15) is 6.54 Å². The van der Waals surface area contributed by atoms with E-state index in [2.05, 4.69) is 10.6 Å². The van der Waals surface area contributed by atoms with Crippen molar-refractivity contribution >= 4 is 38.9 Å². The second kappa shape index (κ2) is 10.8. The normalized spacial score (nSPS) is 11.8. The Labute approximate surface area is 202 Å². The summed E-state index contributed by atoms with van der Waals surface area (Å²) in [6.45, 7) is 1.19. The van der Waals surface area contributed by atoms with E-state index in [1.807, 2.05) is 37.3 Å². The van der Waals surface area contributed by atoms with Crippen molar-refractivity contribution in [3.63, 3.8) is 0 Å². The van der Waals surface area contributed by atoms with Crippen LogP contribution < -0.4 is 14.9 Å². The lowest BCUT2D eigenvalue weighted by atomic mass is 10.1. The Morgan fingerprint density at radius 3 is 2.31 bits per heavy atom. The van der Waals surface area contributed by atoms with Gasteiger partial charge in [0.05, 0.1) is 34.2 Å². The third-order valence-corrected chi connectivity index (χ3v) is 6.25. The number of nitrogens with zero attached hydrogens (tertiary/aromatic N) is 2. The first-order valence-corrected chi connectivity index (χ1v) is 12.4. The summed E-state index contributed by atoms with van der Waals surface area (Å²) in [5.41, 5.74) is 0.960. The van der Waals surface area contributed by atoms with E-state index in [-0.39, 0.29) is 28.7 Å². The lowest BCUT2D eigenvalue weighted by Crippen LogP contribution is -2.37. The number of para-hydroxylation sites is 1. The molecule has 0 heterocycles. The highest BCUT2D eigenvalue weighted by atomic mass is 32.2. The third-order valence-electron chi connectivity index (χ3n) is 5.11. The molecule has 2 N–H and O–H groups in total. The Hall–Kier alpha value is -4.25. The van der Waals surface area contributed by atoms with E-state index in [1.165, 1.54) is 30.3 Å². The predicted molar refractivity (Wildman–Crippen MR) is 133 cm³/mol. The lowest BCUT2D eigenvalue weighted by molar-refractivity contribution is -0.384. The summed E-state index contributed by atoms with van der Waals surface area (Å²) in [5, 5.41) is 16.5. The molecule has 0 saturated heterocycles. The molecule has 35 heavy (non-hydrogen) atoms. The van der Waals surface area contributed by atoms with E-state index in [0.29, 0.717) is 0 Å². The first-order valence-electron chi connectivity index (χ1n) is 10.5. The summed E-state index contributed by atoms with van der Waals surface area (Å²) in [6, 6.07) is 20.4. The number of non-ortho nitro benzene ring substituents is 1. The Morgan fingerprint density at radius 2 is 1.66 bits per heavy atom. The molecule has 3 aromatic carbocycles. The highest BCUT2D eigenvalue weighted by molar-refractivity contribution is 7.92. The van der Waals surface area contributed by atoms with Crippen molar-refractivity contribution in [2.24, 2.45) is 0 Å². The van der Waals surface area contributed by atoms with Crippen LogP contribution in [0.4, 0.5) is 17.1 Å². The number of carbonyl (C=O) groups excluding carboxylic acids is 2. The van der Waals surface area contributed by atoms with Crippen molar-refractivity contribution < 1.29 is 22.9 Å². The average Bonchev–Trinajstić information content (AvgIpc) is 2.82. The van der Waals surface area contributed by atoms with Gasteiger partial charge in [-0.25, -0.2) is 8.42 Å². The van der Waals surface area contributed by atoms with Gasteiger partial charge in [-0.05, 0) is 30.7 Å². The van der Waals surface area contributed by atoms with Crippen LogP contribution in [0, 0.1) is 10.1 Å². The minimum absolute atomic E-state index is 0.0282. The van der Waals surface area contributed by atoms with E-state index >= 15 is 0 Å². The molecule has 182 valence electrons. The van der Waals surface area contributed by atoms with E-state index in [4.69, 9.17) is 0 Å². The number of amides is 2. The number of carbonyl (C=O) groups is 2.